The molecule has 0 aliphatic rings. The van der Waals surface area contributed by atoms with Crippen molar-refractivity contribution in [3.63, 3.8) is 0 Å². The van der Waals surface area contributed by atoms with Crippen molar-refractivity contribution < 1.29 is 4.79 Å². The highest BCUT2D eigenvalue weighted by Crippen LogP contribution is 2.18. The monoisotopic (exact) mass is 234 g/mol. The highest BCUT2D eigenvalue weighted by Gasteiger charge is 2.07. The van der Waals surface area contributed by atoms with Crippen molar-refractivity contribution in [2.24, 2.45) is 0 Å². The molecule has 0 aliphatic carbocycles. The normalized spacial score (nSPS) is 10.4. The van der Waals surface area contributed by atoms with Gasteiger partial charge < -0.3 is 0 Å². The Balaban J connectivity index is 2.21. The SMILES string of the molecule is CC(=O)c1cc(Cc2ccccc2Cl)[nH]n1. The van der Waals surface area contributed by atoms with E-state index >= 15 is 0 Å². The number of ketones is 1. The molecule has 2 rings (SSSR count). The molecule has 82 valence electrons. The highest BCUT2D eigenvalue weighted by molar-refractivity contribution is 6.31. The van der Waals surface area contributed by atoms with Crippen LogP contribution in [-0.2, 0) is 6.42 Å². The zero-order valence-corrected chi connectivity index (χ0v) is 9.58. The molecular weight excluding hydrogens is 224 g/mol. The number of Topliss-reactive ketones (excluding diaryl/α,β-unsaturated/α-hetero) is 1. The van der Waals surface area contributed by atoms with Gasteiger partial charge in [-0.2, -0.15) is 5.10 Å². The molecule has 1 heterocycles. The first-order valence-electron chi connectivity index (χ1n) is 4.95. The lowest BCUT2D eigenvalue weighted by Gasteiger charge is -2.00. The van der Waals surface area contributed by atoms with Gasteiger partial charge in [0.1, 0.15) is 5.69 Å². The first-order chi connectivity index (χ1) is 7.66. The topological polar surface area (TPSA) is 45.8 Å². The summed E-state index contributed by atoms with van der Waals surface area (Å²) < 4.78 is 0. The fourth-order valence-electron chi connectivity index (χ4n) is 1.48. The minimum absolute atomic E-state index is 0.0401. The number of carbonyl (C=O) groups is 1. The van der Waals surface area contributed by atoms with E-state index in [1.807, 2.05) is 24.3 Å². The number of hydrogen-bond acceptors (Lipinski definition) is 2. The molecule has 1 N–H and O–H groups in total. The van der Waals surface area contributed by atoms with Crippen molar-refractivity contribution in [3.05, 3.63) is 52.3 Å². The number of benzene rings is 1. The molecule has 0 saturated heterocycles. The average Bonchev–Trinajstić information content (AvgIpc) is 2.70. The minimum Gasteiger partial charge on any atom is -0.293 e. The molecule has 16 heavy (non-hydrogen) atoms. The van der Waals surface area contributed by atoms with Gasteiger partial charge >= 0.3 is 0 Å². The minimum atomic E-state index is -0.0401. The Hall–Kier alpha value is -1.61. The second-order valence-electron chi connectivity index (χ2n) is 3.60. The van der Waals surface area contributed by atoms with Crippen LogP contribution in [0.15, 0.2) is 30.3 Å². The first kappa shape index (κ1) is 10.9. The van der Waals surface area contributed by atoms with E-state index in [1.165, 1.54) is 6.92 Å². The summed E-state index contributed by atoms with van der Waals surface area (Å²) in [6.07, 6.45) is 0.653. The maximum absolute atomic E-state index is 11.1. The van der Waals surface area contributed by atoms with Crippen LogP contribution in [0.3, 0.4) is 0 Å². The second kappa shape index (κ2) is 4.49. The summed E-state index contributed by atoms with van der Waals surface area (Å²) >= 11 is 6.04. The van der Waals surface area contributed by atoms with E-state index in [-0.39, 0.29) is 5.78 Å². The van der Waals surface area contributed by atoms with Crippen LogP contribution >= 0.6 is 11.6 Å². The Kier molecular flexibility index (Phi) is 3.06. The number of nitrogens with one attached hydrogen (secondary N) is 1. The zero-order valence-electron chi connectivity index (χ0n) is 8.83. The van der Waals surface area contributed by atoms with Gasteiger partial charge in [0, 0.05) is 24.1 Å². The summed E-state index contributed by atoms with van der Waals surface area (Å²) in [7, 11) is 0. The van der Waals surface area contributed by atoms with Crippen molar-refractivity contribution >= 4 is 17.4 Å². The smallest absolute Gasteiger partial charge is 0.179 e. The summed E-state index contributed by atoms with van der Waals surface area (Å²) in [5, 5.41) is 7.48. The largest absolute Gasteiger partial charge is 0.293 e. The van der Waals surface area contributed by atoms with Crippen molar-refractivity contribution in [1.29, 1.82) is 0 Å². The zero-order chi connectivity index (χ0) is 11.5. The van der Waals surface area contributed by atoms with Crippen molar-refractivity contribution in [2.45, 2.75) is 13.3 Å². The second-order valence-corrected chi connectivity index (χ2v) is 4.01. The molecule has 0 fully saturated rings. The molecule has 1 aromatic carbocycles. The lowest BCUT2D eigenvalue weighted by atomic mass is 10.1. The number of aromatic nitrogens is 2. The summed E-state index contributed by atoms with van der Waals surface area (Å²) in [5.74, 6) is -0.0401. The Morgan fingerprint density at radius 1 is 1.44 bits per heavy atom. The van der Waals surface area contributed by atoms with E-state index in [0.717, 1.165) is 16.3 Å². The van der Waals surface area contributed by atoms with Crippen LogP contribution in [0.4, 0.5) is 0 Å². The number of aromatic amines is 1. The van der Waals surface area contributed by atoms with E-state index in [9.17, 15) is 4.79 Å². The maximum atomic E-state index is 11.1. The fourth-order valence-corrected chi connectivity index (χ4v) is 1.68. The van der Waals surface area contributed by atoms with Crippen molar-refractivity contribution in [2.75, 3.05) is 0 Å². The van der Waals surface area contributed by atoms with Gasteiger partial charge in [-0.1, -0.05) is 29.8 Å². The van der Waals surface area contributed by atoms with E-state index < -0.39 is 0 Å². The molecular formula is C12H11ClN2O. The Morgan fingerprint density at radius 2 is 2.19 bits per heavy atom. The molecule has 1 aromatic heterocycles. The standard InChI is InChI=1S/C12H11ClN2O/c1-8(16)12-7-10(14-15-12)6-9-4-2-3-5-11(9)13/h2-5,7H,6H2,1H3,(H,14,15). The Bertz CT molecular complexity index is 519. The quantitative estimate of drug-likeness (QED) is 0.830. The molecule has 3 nitrogen and oxygen atoms in total. The van der Waals surface area contributed by atoms with E-state index in [1.54, 1.807) is 6.07 Å². The van der Waals surface area contributed by atoms with Gasteiger partial charge in [0.2, 0.25) is 0 Å². The molecule has 2 aromatic rings. The fraction of sp³-hybridized carbons (Fsp3) is 0.167. The van der Waals surface area contributed by atoms with Crippen LogP contribution in [0, 0.1) is 0 Å². The van der Waals surface area contributed by atoms with Gasteiger partial charge in [-0.3, -0.25) is 9.89 Å². The van der Waals surface area contributed by atoms with Crippen LogP contribution in [0.25, 0.3) is 0 Å². The van der Waals surface area contributed by atoms with E-state index in [2.05, 4.69) is 10.2 Å². The molecule has 0 amide bonds. The number of rotatable bonds is 3. The van der Waals surface area contributed by atoms with E-state index in [4.69, 9.17) is 11.6 Å². The van der Waals surface area contributed by atoms with Crippen LogP contribution in [0.1, 0.15) is 28.7 Å². The Labute approximate surface area is 98.4 Å². The third-order valence-corrected chi connectivity index (χ3v) is 2.70. The molecule has 0 radical (unpaired) electrons. The third-order valence-electron chi connectivity index (χ3n) is 2.33. The highest BCUT2D eigenvalue weighted by atomic mass is 35.5. The van der Waals surface area contributed by atoms with Crippen LogP contribution in [0.5, 0.6) is 0 Å². The molecule has 0 atom stereocenters. The summed E-state index contributed by atoms with van der Waals surface area (Å²) in [4.78, 5) is 11.1. The predicted octanol–water partition coefficient (Wildman–Crippen LogP) is 2.86. The van der Waals surface area contributed by atoms with Gasteiger partial charge in [0.05, 0.1) is 0 Å². The summed E-state index contributed by atoms with van der Waals surface area (Å²) in [5.41, 5.74) is 2.36. The molecule has 0 spiro atoms. The molecule has 0 aliphatic heterocycles. The maximum Gasteiger partial charge on any atom is 0.179 e. The molecule has 0 saturated carbocycles. The lowest BCUT2D eigenvalue weighted by molar-refractivity contribution is 0.101. The number of halogens is 1. The third kappa shape index (κ3) is 2.31. The molecule has 4 heteroatoms. The van der Waals surface area contributed by atoms with Crippen molar-refractivity contribution in [3.8, 4) is 0 Å². The number of carbonyl (C=O) groups excluding carboxylic acids is 1. The number of hydrogen-bond donors (Lipinski definition) is 1. The van der Waals surface area contributed by atoms with Gasteiger partial charge in [-0.25, -0.2) is 0 Å². The Morgan fingerprint density at radius 3 is 2.81 bits per heavy atom. The van der Waals surface area contributed by atoms with Gasteiger partial charge in [0.25, 0.3) is 0 Å². The number of H-pyrrole nitrogens is 1. The van der Waals surface area contributed by atoms with Crippen LogP contribution in [-0.4, -0.2) is 16.0 Å². The van der Waals surface area contributed by atoms with Crippen LogP contribution in [0.2, 0.25) is 5.02 Å². The van der Waals surface area contributed by atoms with E-state index in [0.29, 0.717) is 12.1 Å². The number of nitrogens with zero attached hydrogens (tertiary/aromatic N) is 1. The van der Waals surface area contributed by atoms with Crippen LogP contribution < -0.4 is 0 Å². The predicted molar refractivity (Wildman–Crippen MR) is 62.9 cm³/mol. The first-order valence-corrected chi connectivity index (χ1v) is 5.33. The van der Waals surface area contributed by atoms with Gasteiger partial charge in [0.15, 0.2) is 5.78 Å². The molecule has 0 unspecified atom stereocenters. The van der Waals surface area contributed by atoms with Gasteiger partial charge in [-0.05, 0) is 17.7 Å². The summed E-state index contributed by atoms with van der Waals surface area (Å²) in [6, 6.07) is 9.38. The average molecular weight is 235 g/mol. The summed E-state index contributed by atoms with van der Waals surface area (Å²) in [6.45, 7) is 1.50. The van der Waals surface area contributed by atoms with Crippen molar-refractivity contribution in [1.82, 2.24) is 10.2 Å². The lowest BCUT2D eigenvalue weighted by Crippen LogP contribution is -1.90. The van der Waals surface area contributed by atoms with Gasteiger partial charge in [-0.15, -0.1) is 0 Å². The molecule has 0 bridgehead atoms.